The Morgan fingerprint density at radius 3 is 2.62 bits per heavy atom. The molecule has 0 radical (unpaired) electrons. The summed E-state index contributed by atoms with van der Waals surface area (Å²) in [4.78, 5) is 0. The van der Waals surface area contributed by atoms with Crippen LogP contribution >= 0.6 is 24.0 Å². The van der Waals surface area contributed by atoms with Gasteiger partial charge in [0.05, 0.1) is 12.1 Å². The average molecular weight is 223 g/mol. The molecule has 0 saturated heterocycles. The lowest BCUT2D eigenvalue weighted by Crippen LogP contribution is -1.91. The Bertz CT molecular complexity index is 264. The topological polar surface area (TPSA) is 29.5 Å². The van der Waals surface area contributed by atoms with Crippen molar-refractivity contribution in [3.63, 3.8) is 0 Å². The molecule has 74 valence electrons. The second-order valence-corrected chi connectivity index (χ2v) is 2.85. The third-order valence-electron chi connectivity index (χ3n) is 1.62. The SMILES string of the molecule is COc1ccc(CCO)cc1Cl.Cl. The van der Waals surface area contributed by atoms with Crippen LogP contribution in [0, 0.1) is 0 Å². The van der Waals surface area contributed by atoms with Gasteiger partial charge >= 0.3 is 0 Å². The summed E-state index contributed by atoms with van der Waals surface area (Å²) in [7, 11) is 1.58. The van der Waals surface area contributed by atoms with Gasteiger partial charge in [-0.1, -0.05) is 17.7 Å². The molecule has 0 aliphatic rings. The minimum Gasteiger partial charge on any atom is -0.495 e. The van der Waals surface area contributed by atoms with Gasteiger partial charge < -0.3 is 9.84 Å². The first-order valence-electron chi connectivity index (χ1n) is 3.71. The van der Waals surface area contributed by atoms with Gasteiger partial charge in [0.1, 0.15) is 5.75 Å². The van der Waals surface area contributed by atoms with Crippen molar-refractivity contribution in [3.8, 4) is 5.75 Å². The minimum atomic E-state index is 0. The summed E-state index contributed by atoms with van der Waals surface area (Å²) in [5.41, 5.74) is 1.02. The molecular weight excluding hydrogens is 211 g/mol. The molecule has 2 nitrogen and oxygen atoms in total. The summed E-state index contributed by atoms with van der Waals surface area (Å²) < 4.78 is 4.98. The highest BCUT2D eigenvalue weighted by molar-refractivity contribution is 6.32. The molecule has 0 heterocycles. The van der Waals surface area contributed by atoms with Gasteiger partial charge in [0.2, 0.25) is 0 Å². The number of aliphatic hydroxyl groups excluding tert-OH is 1. The number of hydrogen-bond donors (Lipinski definition) is 1. The highest BCUT2D eigenvalue weighted by Gasteiger charge is 2.00. The molecular formula is C9H12Cl2O2. The number of halogens is 2. The normalized spacial score (nSPS) is 9.15. The van der Waals surface area contributed by atoms with E-state index < -0.39 is 0 Å². The second kappa shape index (κ2) is 6.08. The molecule has 1 rings (SSSR count). The quantitative estimate of drug-likeness (QED) is 0.851. The van der Waals surface area contributed by atoms with Crippen LogP contribution in [0.3, 0.4) is 0 Å². The van der Waals surface area contributed by atoms with Gasteiger partial charge in [-0.2, -0.15) is 0 Å². The zero-order valence-electron chi connectivity index (χ0n) is 7.29. The molecule has 0 spiro atoms. The van der Waals surface area contributed by atoms with E-state index in [9.17, 15) is 0 Å². The Hall–Kier alpha value is -0.440. The van der Waals surface area contributed by atoms with Gasteiger partial charge in [-0.25, -0.2) is 0 Å². The fourth-order valence-corrected chi connectivity index (χ4v) is 1.27. The Kier molecular flexibility index (Phi) is 5.88. The largest absolute Gasteiger partial charge is 0.495 e. The molecule has 4 heteroatoms. The van der Waals surface area contributed by atoms with Crippen LogP contribution in [0.15, 0.2) is 18.2 Å². The smallest absolute Gasteiger partial charge is 0.137 e. The van der Waals surface area contributed by atoms with E-state index in [0.717, 1.165) is 5.56 Å². The van der Waals surface area contributed by atoms with E-state index in [1.54, 1.807) is 19.2 Å². The first kappa shape index (κ1) is 12.6. The van der Waals surface area contributed by atoms with E-state index >= 15 is 0 Å². The molecule has 0 fully saturated rings. The lowest BCUT2D eigenvalue weighted by molar-refractivity contribution is 0.299. The van der Waals surface area contributed by atoms with Crippen molar-refractivity contribution >= 4 is 24.0 Å². The number of methoxy groups -OCH3 is 1. The second-order valence-electron chi connectivity index (χ2n) is 2.44. The number of ether oxygens (including phenoxy) is 1. The predicted molar refractivity (Wildman–Crippen MR) is 56.0 cm³/mol. The van der Waals surface area contributed by atoms with Crippen molar-refractivity contribution < 1.29 is 9.84 Å². The van der Waals surface area contributed by atoms with Gasteiger partial charge in [-0.05, 0) is 24.1 Å². The fraction of sp³-hybridized carbons (Fsp3) is 0.333. The predicted octanol–water partition coefficient (Wildman–Crippen LogP) is 2.31. The first-order valence-corrected chi connectivity index (χ1v) is 4.09. The number of benzene rings is 1. The Morgan fingerprint density at radius 2 is 2.15 bits per heavy atom. The molecule has 1 aromatic carbocycles. The summed E-state index contributed by atoms with van der Waals surface area (Å²) >= 11 is 5.86. The maximum absolute atomic E-state index is 8.66. The number of aliphatic hydroxyl groups is 1. The standard InChI is InChI=1S/C9H11ClO2.ClH/c1-12-9-3-2-7(4-5-11)6-8(9)10;/h2-3,6,11H,4-5H2,1H3;1H. The van der Waals surface area contributed by atoms with E-state index in [0.29, 0.717) is 17.2 Å². The van der Waals surface area contributed by atoms with Crippen molar-refractivity contribution in [2.24, 2.45) is 0 Å². The van der Waals surface area contributed by atoms with Crippen LogP contribution in [0.25, 0.3) is 0 Å². The van der Waals surface area contributed by atoms with Gasteiger partial charge in [-0.3, -0.25) is 0 Å². The van der Waals surface area contributed by atoms with Gasteiger partial charge in [0, 0.05) is 6.61 Å². The van der Waals surface area contributed by atoms with Crippen molar-refractivity contribution in [1.29, 1.82) is 0 Å². The summed E-state index contributed by atoms with van der Waals surface area (Å²) in [5, 5.41) is 9.25. The van der Waals surface area contributed by atoms with E-state index in [1.807, 2.05) is 6.07 Å². The maximum Gasteiger partial charge on any atom is 0.137 e. The summed E-state index contributed by atoms with van der Waals surface area (Å²) in [6.07, 6.45) is 0.629. The Balaban J connectivity index is 0.00000144. The van der Waals surface area contributed by atoms with E-state index in [1.165, 1.54) is 0 Å². The molecule has 1 aromatic rings. The monoisotopic (exact) mass is 222 g/mol. The summed E-state index contributed by atoms with van der Waals surface area (Å²) in [6.45, 7) is 0.142. The summed E-state index contributed by atoms with van der Waals surface area (Å²) in [6, 6.07) is 5.49. The fourth-order valence-electron chi connectivity index (χ4n) is 0.994. The van der Waals surface area contributed by atoms with E-state index in [-0.39, 0.29) is 19.0 Å². The van der Waals surface area contributed by atoms with Crippen molar-refractivity contribution in [1.82, 2.24) is 0 Å². The maximum atomic E-state index is 8.66. The van der Waals surface area contributed by atoms with Crippen LogP contribution in [0.1, 0.15) is 5.56 Å². The third-order valence-corrected chi connectivity index (χ3v) is 1.91. The molecule has 0 aromatic heterocycles. The minimum absolute atomic E-state index is 0. The lowest BCUT2D eigenvalue weighted by Gasteiger charge is -2.04. The number of rotatable bonds is 3. The molecule has 0 amide bonds. The summed E-state index contributed by atoms with van der Waals surface area (Å²) in [5.74, 6) is 0.665. The Labute approximate surface area is 88.9 Å². The van der Waals surface area contributed by atoms with Gasteiger partial charge in [0.15, 0.2) is 0 Å². The average Bonchev–Trinajstić information content (AvgIpc) is 2.05. The molecule has 0 aliphatic heterocycles. The highest BCUT2D eigenvalue weighted by atomic mass is 35.5. The molecule has 0 aliphatic carbocycles. The van der Waals surface area contributed by atoms with E-state index in [2.05, 4.69) is 0 Å². The van der Waals surface area contributed by atoms with Crippen LogP contribution in [-0.4, -0.2) is 18.8 Å². The lowest BCUT2D eigenvalue weighted by atomic mass is 10.1. The third kappa shape index (κ3) is 3.43. The molecule has 1 N–H and O–H groups in total. The Morgan fingerprint density at radius 1 is 1.46 bits per heavy atom. The molecule has 0 unspecified atom stereocenters. The first-order chi connectivity index (χ1) is 5.77. The molecule has 0 bridgehead atoms. The van der Waals surface area contributed by atoms with Gasteiger partial charge in [0.25, 0.3) is 0 Å². The zero-order valence-corrected chi connectivity index (χ0v) is 8.86. The molecule has 13 heavy (non-hydrogen) atoms. The molecule has 0 atom stereocenters. The van der Waals surface area contributed by atoms with Crippen LogP contribution < -0.4 is 4.74 Å². The van der Waals surface area contributed by atoms with Crippen molar-refractivity contribution in [2.45, 2.75) is 6.42 Å². The zero-order chi connectivity index (χ0) is 8.97. The highest BCUT2D eigenvalue weighted by Crippen LogP contribution is 2.24. The molecule has 0 saturated carbocycles. The number of hydrogen-bond acceptors (Lipinski definition) is 2. The van der Waals surface area contributed by atoms with Crippen LogP contribution in [0.2, 0.25) is 5.02 Å². The van der Waals surface area contributed by atoms with Crippen LogP contribution in [0.5, 0.6) is 5.75 Å². The van der Waals surface area contributed by atoms with Crippen LogP contribution in [-0.2, 0) is 6.42 Å². The van der Waals surface area contributed by atoms with Crippen LogP contribution in [0.4, 0.5) is 0 Å². The van der Waals surface area contributed by atoms with Crippen molar-refractivity contribution in [2.75, 3.05) is 13.7 Å². The van der Waals surface area contributed by atoms with E-state index in [4.69, 9.17) is 21.4 Å². The van der Waals surface area contributed by atoms with Crippen molar-refractivity contribution in [3.05, 3.63) is 28.8 Å². The van der Waals surface area contributed by atoms with Gasteiger partial charge in [-0.15, -0.1) is 12.4 Å².